The summed E-state index contributed by atoms with van der Waals surface area (Å²) in [4.78, 5) is 55.6. The van der Waals surface area contributed by atoms with Crippen LogP contribution in [0.3, 0.4) is 0 Å². The minimum Gasteiger partial charge on any atom is -0.491 e. The quantitative estimate of drug-likeness (QED) is 0.334. The van der Waals surface area contributed by atoms with Crippen LogP contribution in [0.5, 0.6) is 5.75 Å². The molecule has 3 aromatic rings. The zero-order valence-corrected chi connectivity index (χ0v) is 26.3. The molecule has 9 heteroatoms. The molecule has 45 heavy (non-hydrogen) atoms. The lowest BCUT2D eigenvalue weighted by molar-refractivity contribution is -0.137. The van der Waals surface area contributed by atoms with Crippen LogP contribution < -0.4 is 20.7 Å². The van der Waals surface area contributed by atoms with E-state index in [9.17, 15) is 19.2 Å². The summed E-state index contributed by atoms with van der Waals surface area (Å²) in [5, 5.41) is 8.56. The zero-order chi connectivity index (χ0) is 32.2. The van der Waals surface area contributed by atoms with Crippen LogP contribution in [-0.2, 0) is 14.4 Å². The lowest BCUT2D eigenvalue weighted by Crippen LogP contribution is -2.53. The van der Waals surface area contributed by atoms with Crippen LogP contribution in [0.25, 0.3) is 0 Å². The summed E-state index contributed by atoms with van der Waals surface area (Å²) in [6.45, 7) is 7.06. The number of para-hydroxylation sites is 1. The van der Waals surface area contributed by atoms with Crippen molar-refractivity contribution in [3.63, 3.8) is 0 Å². The smallest absolute Gasteiger partial charge is 0.255 e. The summed E-state index contributed by atoms with van der Waals surface area (Å²) in [6, 6.07) is 25.0. The Kier molecular flexibility index (Phi) is 12.1. The first-order chi connectivity index (χ1) is 21.8. The number of hydrogen-bond acceptors (Lipinski definition) is 5. The van der Waals surface area contributed by atoms with Gasteiger partial charge in [-0.05, 0) is 48.9 Å². The van der Waals surface area contributed by atoms with Crippen molar-refractivity contribution in [3.05, 3.63) is 102 Å². The number of carbonyl (C=O) groups is 4. The van der Waals surface area contributed by atoms with Gasteiger partial charge in [0.25, 0.3) is 5.91 Å². The van der Waals surface area contributed by atoms with Gasteiger partial charge in [-0.15, -0.1) is 0 Å². The molecular formula is C36H44N4O5. The van der Waals surface area contributed by atoms with Gasteiger partial charge in [0.05, 0.1) is 18.5 Å². The molecule has 238 valence electrons. The Morgan fingerprint density at radius 3 is 2.16 bits per heavy atom. The number of ether oxygens (including phenoxy) is 1. The molecule has 0 radical (unpaired) electrons. The lowest BCUT2D eigenvalue weighted by Gasteiger charge is -2.29. The molecule has 3 N–H and O–H groups in total. The second kappa shape index (κ2) is 16.4. The largest absolute Gasteiger partial charge is 0.491 e. The van der Waals surface area contributed by atoms with Gasteiger partial charge in [-0.3, -0.25) is 19.2 Å². The molecule has 0 fully saturated rings. The molecular weight excluding hydrogens is 568 g/mol. The molecule has 4 amide bonds. The van der Waals surface area contributed by atoms with Crippen molar-refractivity contribution in [2.24, 2.45) is 5.92 Å². The Morgan fingerprint density at radius 1 is 0.911 bits per heavy atom. The van der Waals surface area contributed by atoms with Crippen molar-refractivity contribution < 1.29 is 23.9 Å². The average Bonchev–Trinajstić information content (AvgIpc) is 3.04. The third kappa shape index (κ3) is 9.41. The number of fused-ring (bicyclic) bond motifs is 1. The van der Waals surface area contributed by atoms with Gasteiger partial charge in [0.1, 0.15) is 24.4 Å². The minimum absolute atomic E-state index is 0.0444. The number of rotatable bonds is 9. The highest BCUT2D eigenvalue weighted by atomic mass is 16.5. The van der Waals surface area contributed by atoms with E-state index in [4.69, 9.17) is 4.74 Å². The maximum atomic E-state index is 13.6. The van der Waals surface area contributed by atoms with Crippen LogP contribution >= 0.6 is 0 Å². The van der Waals surface area contributed by atoms with Crippen LogP contribution in [0.1, 0.15) is 67.4 Å². The first-order valence-electron chi connectivity index (χ1n) is 15.7. The number of benzene rings is 3. The first-order valence-corrected chi connectivity index (χ1v) is 15.7. The highest BCUT2D eigenvalue weighted by molar-refractivity contribution is 6.01. The van der Waals surface area contributed by atoms with Gasteiger partial charge in [-0.25, -0.2) is 0 Å². The molecule has 0 unspecified atom stereocenters. The van der Waals surface area contributed by atoms with Gasteiger partial charge in [-0.2, -0.15) is 0 Å². The second-order valence-electron chi connectivity index (χ2n) is 11.7. The third-order valence-electron chi connectivity index (χ3n) is 7.93. The monoisotopic (exact) mass is 612 g/mol. The molecule has 0 bridgehead atoms. The number of nitrogens with one attached hydrogen (secondary N) is 3. The molecule has 1 heterocycles. The SMILES string of the molecule is CCN1CCOc2ccccc2C(=O)N[C@H](C(=O)NCCC(c2ccccc2)c2ccccc2)CC(=O)N[C@H](CC(C)C)C1=O. The summed E-state index contributed by atoms with van der Waals surface area (Å²) < 4.78 is 5.95. The van der Waals surface area contributed by atoms with Crippen molar-refractivity contribution in [1.82, 2.24) is 20.9 Å². The molecule has 4 rings (SSSR count). The van der Waals surface area contributed by atoms with Gasteiger partial charge in [-0.1, -0.05) is 86.6 Å². The standard InChI is InChI=1S/C36H44N4O5/c1-4-40-21-22-45-32-18-12-11-17-29(32)34(42)39-30(24-33(41)38-31(36(40)44)23-25(2)3)35(43)37-20-19-28(26-13-7-5-8-14-26)27-15-9-6-10-16-27/h5-18,25,28,30-31H,4,19-24H2,1-3H3,(H,37,43)(H,38,41)(H,39,42)/t30-,31+/m0/s1. The Labute approximate surface area is 265 Å². The Balaban J connectivity index is 1.55. The first kappa shape index (κ1) is 33.2. The van der Waals surface area contributed by atoms with Crippen LogP contribution in [0.15, 0.2) is 84.9 Å². The van der Waals surface area contributed by atoms with E-state index in [0.29, 0.717) is 38.2 Å². The number of likely N-dealkylation sites (N-methyl/N-ethyl adjacent to an activating group) is 1. The van der Waals surface area contributed by atoms with Gasteiger partial charge in [0.15, 0.2) is 0 Å². The summed E-state index contributed by atoms with van der Waals surface area (Å²) in [7, 11) is 0. The second-order valence-corrected chi connectivity index (χ2v) is 11.7. The van der Waals surface area contributed by atoms with Crippen LogP contribution in [0.2, 0.25) is 0 Å². The molecule has 0 aromatic heterocycles. The zero-order valence-electron chi connectivity index (χ0n) is 26.3. The maximum Gasteiger partial charge on any atom is 0.255 e. The number of carbonyl (C=O) groups excluding carboxylic acids is 4. The van der Waals surface area contributed by atoms with E-state index in [0.717, 1.165) is 11.1 Å². The predicted molar refractivity (Wildman–Crippen MR) is 174 cm³/mol. The Bertz CT molecular complexity index is 1390. The van der Waals surface area contributed by atoms with E-state index in [-0.39, 0.29) is 36.3 Å². The van der Waals surface area contributed by atoms with E-state index < -0.39 is 29.8 Å². The molecule has 0 spiro atoms. The lowest BCUT2D eigenvalue weighted by atomic mass is 9.88. The van der Waals surface area contributed by atoms with E-state index in [2.05, 4.69) is 40.2 Å². The summed E-state index contributed by atoms with van der Waals surface area (Å²) >= 11 is 0. The highest BCUT2D eigenvalue weighted by Gasteiger charge is 2.31. The van der Waals surface area contributed by atoms with Crippen LogP contribution in [0, 0.1) is 5.92 Å². The maximum absolute atomic E-state index is 13.6. The van der Waals surface area contributed by atoms with E-state index in [1.54, 1.807) is 29.2 Å². The topological polar surface area (TPSA) is 117 Å². The van der Waals surface area contributed by atoms with Gasteiger partial charge < -0.3 is 25.6 Å². The molecule has 0 saturated heterocycles. The Hall–Kier alpha value is -4.66. The predicted octanol–water partition coefficient (Wildman–Crippen LogP) is 4.29. The number of hydrogen-bond donors (Lipinski definition) is 3. The Morgan fingerprint density at radius 2 is 1.53 bits per heavy atom. The minimum atomic E-state index is -1.17. The number of nitrogens with zero attached hydrogens (tertiary/aromatic N) is 1. The number of amides is 4. The molecule has 2 atom stereocenters. The fourth-order valence-corrected chi connectivity index (χ4v) is 5.63. The van der Waals surface area contributed by atoms with Gasteiger partial charge in [0, 0.05) is 19.0 Å². The fourth-order valence-electron chi connectivity index (χ4n) is 5.63. The summed E-state index contributed by atoms with van der Waals surface area (Å²) in [5.41, 5.74) is 2.50. The van der Waals surface area contributed by atoms with Crippen molar-refractivity contribution in [1.29, 1.82) is 0 Å². The van der Waals surface area contributed by atoms with Crippen LogP contribution in [0.4, 0.5) is 0 Å². The average molecular weight is 613 g/mol. The van der Waals surface area contributed by atoms with Crippen molar-refractivity contribution in [2.45, 2.75) is 58.0 Å². The molecule has 0 aliphatic carbocycles. The van der Waals surface area contributed by atoms with Crippen molar-refractivity contribution in [3.8, 4) is 5.75 Å². The van der Waals surface area contributed by atoms with Crippen molar-refractivity contribution >= 4 is 23.6 Å². The molecule has 1 aliphatic rings. The molecule has 1 aliphatic heterocycles. The third-order valence-corrected chi connectivity index (χ3v) is 7.93. The summed E-state index contributed by atoms with van der Waals surface area (Å²) in [6.07, 6.45) is 0.727. The molecule has 3 aromatic carbocycles. The van der Waals surface area contributed by atoms with Gasteiger partial charge in [0.2, 0.25) is 17.7 Å². The molecule has 9 nitrogen and oxygen atoms in total. The summed E-state index contributed by atoms with van der Waals surface area (Å²) in [5.74, 6) is -1.17. The fraction of sp³-hybridized carbons (Fsp3) is 0.389. The highest BCUT2D eigenvalue weighted by Crippen LogP contribution is 2.27. The van der Waals surface area contributed by atoms with E-state index in [1.165, 1.54) is 0 Å². The van der Waals surface area contributed by atoms with E-state index in [1.807, 2.05) is 57.2 Å². The van der Waals surface area contributed by atoms with Crippen molar-refractivity contribution in [2.75, 3.05) is 26.2 Å². The normalized spacial score (nSPS) is 18.0. The molecule has 0 saturated carbocycles. The van der Waals surface area contributed by atoms with Crippen LogP contribution in [-0.4, -0.2) is 66.9 Å². The van der Waals surface area contributed by atoms with E-state index >= 15 is 0 Å². The van der Waals surface area contributed by atoms with Gasteiger partial charge >= 0.3 is 0 Å².